The molecule has 1 aromatic heterocycles. The van der Waals surface area contributed by atoms with Gasteiger partial charge in [0.25, 0.3) is 5.91 Å². The van der Waals surface area contributed by atoms with Gasteiger partial charge in [-0.25, -0.2) is 0 Å². The standard InChI is InChI=1S/C15H24N2O4/c1-4-6-17(7-5-2)10-12-8-13(21-11(12)3)15(20)16-9-14(18)19/h8H,4-7,9-10H2,1-3H3,(H,16,20)(H,18,19). The maximum atomic E-state index is 11.7. The summed E-state index contributed by atoms with van der Waals surface area (Å²) in [6.07, 6.45) is 2.20. The molecule has 1 rings (SSSR count). The van der Waals surface area contributed by atoms with Gasteiger partial charge in [0.15, 0.2) is 5.76 Å². The number of carbonyl (C=O) groups is 2. The highest BCUT2D eigenvalue weighted by atomic mass is 16.4. The summed E-state index contributed by atoms with van der Waals surface area (Å²) in [4.78, 5) is 23.5. The summed E-state index contributed by atoms with van der Waals surface area (Å²) in [6.45, 7) is 8.56. The summed E-state index contributed by atoms with van der Waals surface area (Å²) in [6, 6.07) is 1.70. The van der Waals surface area contributed by atoms with Gasteiger partial charge in [-0.1, -0.05) is 13.8 Å². The molecule has 0 saturated heterocycles. The lowest BCUT2D eigenvalue weighted by atomic mass is 10.2. The van der Waals surface area contributed by atoms with E-state index in [1.54, 1.807) is 6.07 Å². The molecule has 0 aromatic carbocycles. The van der Waals surface area contributed by atoms with Crippen LogP contribution in [0.4, 0.5) is 0 Å². The first-order valence-corrected chi connectivity index (χ1v) is 7.38. The van der Waals surface area contributed by atoms with Gasteiger partial charge in [-0.2, -0.15) is 0 Å². The molecule has 0 bridgehead atoms. The number of rotatable bonds is 9. The van der Waals surface area contributed by atoms with Gasteiger partial charge in [-0.3, -0.25) is 4.79 Å². The minimum absolute atomic E-state index is 0.149. The molecule has 0 aliphatic heterocycles. The summed E-state index contributed by atoms with van der Waals surface area (Å²) in [5, 5.41) is 12.6. The lowest BCUT2D eigenvalue weighted by Crippen LogP contribution is -3.10. The predicted molar refractivity (Wildman–Crippen MR) is 75.8 cm³/mol. The molecule has 1 amide bonds. The third kappa shape index (κ3) is 5.59. The van der Waals surface area contributed by atoms with Gasteiger partial charge in [0.2, 0.25) is 0 Å². The van der Waals surface area contributed by atoms with Crippen LogP contribution in [-0.2, 0) is 11.3 Å². The molecule has 6 heteroatoms. The maximum Gasteiger partial charge on any atom is 0.287 e. The Bertz CT molecular complexity index is 476. The molecule has 0 atom stereocenters. The third-order valence-electron chi connectivity index (χ3n) is 3.29. The van der Waals surface area contributed by atoms with Crippen LogP contribution in [0, 0.1) is 6.92 Å². The van der Waals surface area contributed by atoms with Crippen molar-refractivity contribution in [2.45, 2.75) is 40.2 Å². The molecule has 0 aliphatic carbocycles. The lowest BCUT2D eigenvalue weighted by Gasteiger charge is -2.17. The largest absolute Gasteiger partial charge is 0.548 e. The van der Waals surface area contributed by atoms with Gasteiger partial charge in [0.1, 0.15) is 12.3 Å². The molecule has 0 aliphatic rings. The average Bonchev–Trinajstić information content (AvgIpc) is 2.78. The highest BCUT2D eigenvalue weighted by Gasteiger charge is 2.17. The van der Waals surface area contributed by atoms with Gasteiger partial charge in [-0.15, -0.1) is 0 Å². The fourth-order valence-corrected chi connectivity index (χ4v) is 2.33. The van der Waals surface area contributed by atoms with E-state index in [1.165, 1.54) is 4.90 Å². The van der Waals surface area contributed by atoms with E-state index in [0.29, 0.717) is 5.76 Å². The Morgan fingerprint density at radius 2 is 1.90 bits per heavy atom. The van der Waals surface area contributed by atoms with Gasteiger partial charge >= 0.3 is 0 Å². The highest BCUT2D eigenvalue weighted by molar-refractivity contribution is 5.93. The molecule has 21 heavy (non-hydrogen) atoms. The van der Waals surface area contributed by atoms with Gasteiger partial charge < -0.3 is 24.5 Å². The van der Waals surface area contributed by atoms with E-state index >= 15 is 0 Å². The Hall–Kier alpha value is -1.82. The predicted octanol–water partition coefficient (Wildman–Crippen LogP) is -0.727. The summed E-state index contributed by atoms with van der Waals surface area (Å²) < 4.78 is 5.43. The van der Waals surface area contributed by atoms with Crippen molar-refractivity contribution >= 4 is 11.9 Å². The molecule has 1 heterocycles. The third-order valence-corrected chi connectivity index (χ3v) is 3.29. The van der Waals surface area contributed by atoms with E-state index in [4.69, 9.17) is 4.42 Å². The van der Waals surface area contributed by atoms with E-state index in [1.807, 2.05) is 6.92 Å². The molecule has 0 saturated carbocycles. The Labute approximate surface area is 125 Å². The molecule has 6 nitrogen and oxygen atoms in total. The highest BCUT2D eigenvalue weighted by Crippen LogP contribution is 2.13. The van der Waals surface area contributed by atoms with E-state index in [9.17, 15) is 14.7 Å². The average molecular weight is 296 g/mol. The minimum atomic E-state index is -1.33. The number of hydrogen-bond acceptors (Lipinski definition) is 4. The number of amides is 1. The first kappa shape index (κ1) is 17.2. The molecule has 1 aromatic rings. The van der Waals surface area contributed by atoms with Crippen molar-refractivity contribution in [2.24, 2.45) is 0 Å². The van der Waals surface area contributed by atoms with E-state index in [0.717, 1.165) is 38.0 Å². The zero-order valence-electron chi connectivity index (χ0n) is 13.0. The number of hydrogen-bond donors (Lipinski definition) is 2. The first-order valence-electron chi connectivity index (χ1n) is 7.38. The van der Waals surface area contributed by atoms with E-state index in [-0.39, 0.29) is 5.76 Å². The van der Waals surface area contributed by atoms with Crippen LogP contribution in [0.3, 0.4) is 0 Å². The van der Waals surface area contributed by atoms with Crippen LogP contribution in [0.2, 0.25) is 0 Å². The summed E-state index contributed by atoms with van der Waals surface area (Å²) >= 11 is 0. The van der Waals surface area contributed by atoms with Crippen LogP contribution in [0.5, 0.6) is 0 Å². The van der Waals surface area contributed by atoms with Crippen LogP contribution in [0.1, 0.15) is 48.6 Å². The number of quaternary nitrogens is 1. The summed E-state index contributed by atoms with van der Waals surface area (Å²) in [5.41, 5.74) is 0.991. The second-order valence-corrected chi connectivity index (χ2v) is 5.17. The molecule has 118 valence electrons. The van der Waals surface area contributed by atoms with Crippen LogP contribution in [0.25, 0.3) is 0 Å². The number of aryl methyl sites for hydroxylation is 1. The second-order valence-electron chi connectivity index (χ2n) is 5.17. The molecular weight excluding hydrogens is 272 g/mol. The normalized spacial score (nSPS) is 10.9. The molecule has 0 radical (unpaired) electrons. The van der Waals surface area contributed by atoms with Crippen molar-refractivity contribution in [2.75, 3.05) is 19.6 Å². The zero-order valence-corrected chi connectivity index (χ0v) is 13.0. The Kier molecular flexibility index (Phi) is 6.94. The fourth-order valence-electron chi connectivity index (χ4n) is 2.33. The van der Waals surface area contributed by atoms with Crippen molar-refractivity contribution in [3.05, 3.63) is 23.2 Å². The molecular formula is C15H24N2O4. The van der Waals surface area contributed by atoms with Crippen molar-refractivity contribution in [1.29, 1.82) is 0 Å². The van der Waals surface area contributed by atoms with Crippen LogP contribution < -0.4 is 15.3 Å². The summed E-state index contributed by atoms with van der Waals surface area (Å²) in [5.74, 6) is -0.996. The number of nitrogens with one attached hydrogen (secondary N) is 2. The number of carboxylic acids is 1. The monoisotopic (exact) mass is 296 g/mol. The van der Waals surface area contributed by atoms with Crippen molar-refractivity contribution in [1.82, 2.24) is 5.32 Å². The number of aliphatic carboxylic acids is 1. The second kappa shape index (κ2) is 8.46. The quantitative estimate of drug-likeness (QED) is 0.629. The Morgan fingerprint density at radius 1 is 1.29 bits per heavy atom. The van der Waals surface area contributed by atoms with E-state index in [2.05, 4.69) is 19.2 Å². The van der Waals surface area contributed by atoms with Gasteiger partial charge in [0, 0.05) is 5.56 Å². The van der Waals surface area contributed by atoms with Gasteiger partial charge in [0.05, 0.1) is 25.6 Å². The number of carbonyl (C=O) groups excluding carboxylic acids is 2. The SMILES string of the molecule is CCC[NH+](CCC)Cc1cc(C(=O)NCC(=O)[O-])oc1C. The van der Waals surface area contributed by atoms with Crippen LogP contribution in [-0.4, -0.2) is 31.5 Å². The first-order chi connectivity index (χ1) is 9.97. The Morgan fingerprint density at radius 3 is 2.43 bits per heavy atom. The fraction of sp³-hybridized carbons (Fsp3) is 0.600. The summed E-state index contributed by atoms with van der Waals surface area (Å²) in [7, 11) is 0. The topological polar surface area (TPSA) is 86.8 Å². The Balaban J connectivity index is 2.72. The molecule has 0 fully saturated rings. The van der Waals surface area contributed by atoms with Crippen molar-refractivity contribution in [3.63, 3.8) is 0 Å². The van der Waals surface area contributed by atoms with Crippen molar-refractivity contribution in [3.8, 4) is 0 Å². The minimum Gasteiger partial charge on any atom is -0.548 e. The van der Waals surface area contributed by atoms with Crippen LogP contribution in [0.15, 0.2) is 10.5 Å². The van der Waals surface area contributed by atoms with E-state index < -0.39 is 18.4 Å². The van der Waals surface area contributed by atoms with Crippen molar-refractivity contribution < 1.29 is 24.0 Å². The molecule has 0 spiro atoms. The number of furan rings is 1. The smallest absolute Gasteiger partial charge is 0.287 e. The number of carboxylic acid groups (broad SMARTS) is 1. The van der Waals surface area contributed by atoms with Gasteiger partial charge in [-0.05, 0) is 25.8 Å². The molecule has 2 N–H and O–H groups in total. The lowest BCUT2D eigenvalue weighted by molar-refractivity contribution is -0.914. The zero-order chi connectivity index (χ0) is 15.8. The molecule has 0 unspecified atom stereocenters. The maximum absolute atomic E-state index is 11.7. The van der Waals surface area contributed by atoms with Crippen LogP contribution >= 0.6 is 0 Å².